The third-order valence-corrected chi connectivity index (χ3v) is 3.14. The zero-order chi connectivity index (χ0) is 14.1. The number of nitrogens with zero attached hydrogens (tertiary/aromatic N) is 1. The summed E-state index contributed by atoms with van der Waals surface area (Å²) in [5.74, 6) is 0.666. The highest BCUT2D eigenvalue weighted by Gasteiger charge is 2.05. The van der Waals surface area contributed by atoms with Crippen LogP contribution in [-0.2, 0) is 0 Å². The molecule has 0 unspecified atom stereocenters. The quantitative estimate of drug-likeness (QED) is 0.251. The first-order chi connectivity index (χ1) is 9.19. The minimum Gasteiger partial charge on any atom is -0.492 e. The van der Waals surface area contributed by atoms with Crippen LogP contribution in [0.5, 0.6) is 5.75 Å². The maximum atomic E-state index is 8.58. The minimum atomic E-state index is 0.0352. The lowest BCUT2D eigenvalue weighted by Gasteiger charge is -2.09. The predicted octanol–water partition coefficient (Wildman–Crippen LogP) is 3.78. The number of nitrogens with two attached hydrogens (primary N) is 1. The average Bonchev–Trinajstić information content (AvgIpc) is 2.43. The van der Waals surface area contributed by atoms with Gasteiger partial charge in [0.2, 0.25) is 0 Å². The Morgan fingerprint density at radius 3 is 2.68 bits per heavy atom. The monoisotopic (exact) mass is 284 g/mol. The molecule has 1 rings (SSSR count). The standard InChI is InChI=1S/C14H21ClN2O2/c1-2-3-4-5-6-9-19-13-8-7-11(10-12(13)15)14(16)17-18/h7-8,10,18H,2-6,9H2,1H3,(H2,16,17). The normalized spacial score (nSPS) is 11.6. The molecule has 4 nitrogen and oxygen atoms in total. The van der Waals surface area contributed by atoms with Crippen molar-refractivity contribution in [2.45, 2.75) is 39.0 Å². The Hall–Kier alpha value is -1.42. The van der Waals surface area contributed by atoms with Crippen LogP contribution in [-0.4, -0.2) is 17.6 Å². The van der Waals surface area contributed by atoms with E-state index in [1.54, 1.807) is 18.2 Å². The van der Waals surface area contributed by atoms with Crippen molar-refractivity contribution in [2.75, 3.05) is 6.61 Å². The average molecular weight is 285 g/mol. The fraction of sp³-hybridized carbons (Fsp3) is 0.500. The number of halogens is 1. The van der Waals surface area contributed by atoms with Gasteiger partial charge in [0.1, 0.15) is 5.75 Å². The minimum absolute atomic E-state index is 0.0352. The molecular formula is C14H21ClN2O2. The Labute approximate surface area is 119 Å². The van der Waals surface area contributed by atoms with Crippen molar-refractivity contribution in [2.24, 2.45) is 10.9 Å². The molecular weight excluding hydrogens is 264 g/mol. The van der Waals surface area contributed by atoms with E-state index in [2.05, 4.69) is 12.1 Å². The lowest BCUT2D eigenvalue weighted by molar-refractivity contribution is 0.304. The van der Waals surface area contributed by atoms with E-state index >= 15 is 0 Å². The molecule has 0 aliphatic heterocycles. The van der Waals surface area contributed by atoms with Gasteiger partial charge in [0.05, 0.1) is 11.6 Å². The number of ether oxygens (including phenoxy) is 1. The summed E-state index contributed by atoms with van der Waals surface area (Å²) in [4.78, 5) is 0. The maximum absolute atomic E-state index is 8.58. The van der Waals surface area contributed by atoms with Crippen LogP contribution in [0.15, 0.2) is 23.4 Å². The molecule has 0 amide bonds. The smallest absolute Gasteiger partial charge is 0.170 e. The van der Waals surface area contributed by atoms with Gasteiger partial charge in [-0.05, 0) is 24.6 Å². The van der Waals surface area contributed by atoms with Crippen molar-refractivity contribution in [3.63, 3.8) is 0 Å². The summed E-state index contributed by atoms with van der Waals surface area (Å²) in [5.41, 5.74) is 6.05. The number of hydrogen-bond donors (Lipinski definition) is 2. The Balaban J connectivity index is 2.43. The van der Waals surface area contributed by atoms with Gasteiger partial charge < -0.3 is 15.7 Å². The third-order valence-electron chi connectivity index (χ3n) is 2.84. The van der Waals surface area contributed by atoms with Crippen molar-refractivity contribution < 1.29 is 9.94 Å². The Morgan fingerprint density at radius 1 is 1.32 bits per heavy atom. The fourth-order valence-corrected chi connectivity index (χ4v) is 1.96. The summed E-state index contributed by atoms with van der Waals surface area (Å²) in [6.45, 7) is 2.85. The van der Waals surface area contributed by atoms with E-state index in [4.69, 9.17) is 27.3 Å². The van der Waals surface area contributed by atoms with Crippen LogP contribution in [0, 0.1) is 0 Å². The molecule has 0 saturated heterocycles. The number of amidine groups is 1. The van der Waals surface area contributed by atoms with E-state index < -0.39 is 0 Å². The van der Waals surface area contributed by atoms with Crippen LogP contribution in [0.4, 0.5) is 0 Å². The number of rotatable bonds is 8. The lowest BCUT2D eigenvalue weighted by Crippen LogP contribution is -2.13. The van der Waals surface area contributed by atoms with Gasteiger partial charge in [-0.25, -0.2) is 0 Å². The molecule has 0 aliphatic rings. The molecule has 0 aliphatic carbocycles. The number of benzene rings is 1. The topological polar surface area (TPSA) is 67.8 Å². The third kappa shape index (κ3) is 5.39. The van der Waals surface area contributed by atoms with E-state index in [1.807, 2.05) is 0 Å². The number of unbranched alkanes of at least 4 members (excludes halogenated alkanes) is 4. The van der Waals surface area contributed by atoms with Gasteiger partial charge in [0.15, 0.2) is 5.84 Å². The molecule has 0 heterocycles. The highest BCUT2D eigenvalue weighted by molar-refractivity contribution is 6.32. The molecule has 0 atom stereocenters. The summed E-state index contributed by atoms with van der Waals surface area (Å²) < 4.78 is 5.61. The molecule has 1 aromatic carbocycles. The summed E-state index contributed by atoms with van der Waals surface area (Å²) in [7, 11) is 0. The van der Waals surface area contributed by atoms with Crippen molar-refractivity contribution in [1.82, 2.24) is 0 Å². The lowest BCUT2D eigenvalue weighted by atomic mass is 10.2. The van der Waals surface area contributed by atoms with Crippen LogP contribution in [0.25, 0.3) is 0 Å². The number of hydrogen-bond acceptors (Lipinski definition) is 3. The molecule has 106 valence electrons. The van der Waals surface area contributed by atoms with Crippen LogP contribution in [0.1, 0.15) is 44.6 Å². The first-order valence-corrected chi connectivity index (χ1v) is 6.97. The summed E-state index contributed by atoms with van der Waals surface area (Å²) in [6.07, 6.45) is 5.96. The van der Waals surface area contributed by atoms with E-state index in [0.29, 0.717) is 22.9 Å². The summed E-state index contributed by atoms with van der Waals surface area (Å²) >= 11 is 6.08. The van der Waals surface area contributed by atoms with Crippen LogP contribution >= 0.6 is 11.6 Å². The molecule has 0 fully saturated rings. The van der Waals surface area contributed by atoms with Crippen LogP contribution in [0.3, 0.4) is 0 Å². The molecule has 0 spiro atoms. The van der Waals surface area contributed by atoms with Crippen molar-refractivity contribution in [1.29, 1.82) is 0 Å². The van der Waals surface area contributed by atoms with Crippen molar-refractivity contribution >= 4 is 17.4 Å². The van der Waals surface area contributed by atoms with Gasteiger partial charge in [0.25, 0.3) is 0 Å². The van der Waals surface area contributed by atoms with E-state index in [0.717, 1.165) is 6.42 Å². The highest BCUT2D eigenvalue weighted by atomic mass is 35.5. The van der Waals surface area contributed by atoms with Crippen molar-refractivity contribution in [3.8, 4) is 5.75 Å². The predicted molar refractivity (Wildman–Crippen MR) is 78.2 cm³/mol. The van der Waals surface area contributed by atoms with Gasteiger partial charge >= 0.3 is 0 Å². The van der Waals surface area contributed by atoms with Crippen molar-refractivity contribution in [3.05, 3.63) is 28.8 Å². The van der Waals surface area contributed by atoms with E-state index in [-0.39, 0.29) is 5.84 Å². The second kappa shape index (κ2) is 8.64. The maximum Gasteiger partial charge on any atom is 0.170 e. The van der Waals surface area contributed by atoms with Crippen LogP contribution < -0.4 is 10.5 Å². The second-order valence-corrected chi connectivity index (χ2v) is 4.80. The Bertz CT molecular complexity index is 422. The van der Waals surface area contributed by atoms with Gasteiger partial charge in [-0.15, -0.1) is 0 Å². The van der Waals surface area contributed by atoms with Gasteiger partial charge in [-0.2, -0.15) is 0 Å². The molecule has 19 heavy (non-hydrogen) atoms. The fourth-order valence-electron chi connectivity index (χ4n) is 1.72. The van der Waals surface area contributed by atoms with E-state index in [1.165, 1.54) is 25.7 Å². The molecule has 0 bridgehead atoms. The molecule has 0 aromatic heterocycles. The van der Waals surface area contributed by atoms with E-state index in [9.17, 15) is 0 Å². The second-order valence-electron chi connectivity index (χ2n) is 4.39. The number of oxime groups is 1. The molecule has 5 heteroatoms. The van der Waals surface area contributed by atoms with Crippen LogP contribution in [0.2, 0.25) is 5.02 Å². The zero-order valence-corrected chi connectivity index (χ0v) is 12.0. The van der Waals surface area contributed by atoms with Gasteiger partial charge in [-0.1, -0.05) is 49.4 Å². The molecule has 0 radical (unpaired) electrons. The molecule has 0 saturated carbocycles. The zero-order valence-electron chi connectivity index (χ0n) is 11.2. The Kier molecular flexibility index (Phi) is 7.11. The van der Waals surface area contributed by atoms with Gasteiger partial charge in [0, 0.05) is 5.56 Å². The summed E-state index contributed by atoms with van der Waals surface area (Å²) in [6, 6.07) is 5.08. The first-order valence-electron chi connectivity index (χ1n) is 6.59. The molecule has 3 N–H and O–H groups in total. The highest BCUT2D eigenvalue weighted by Crippen LogP contribution is 2.25. The Morgan fingerprint density at radius 2 is 2.05 bits per heavy atom. The molecule has 1 aromatic rings. The van der Waals surface area contributed by atoms with Gasteiger partial charge in [-0.3, -0.25) is 0 Å². The first kappa shape index (κ1) is 15.6. The largest absolute Gasteiger partial charge is 0.492 e. The SMILES string of the molecule is CCCCCCCOc1ccc(C(N)=NO)cc1Cl. The summed E-state index contributed by atoms with van der Waals surface area (Å²) in [5, 5.41) is 12.0.